The fraction of sp³-hybridized carbons (Fsp3) is 0.133. The average molecular weight is 267 g/mol. The van der Waals surface area contributed by atoms with Crippen molar-refractivity contribution in [3.05, 3.63) is 48.0 Å². The number of carboxylic acids is 1. The van der Waals surface area contributed by atoms with Gasteiger partial charge in [0.15, 0.2) is 0 Å². The van der Waals surface area contributed by atoms with Gasteiger partial charge in [0.25, 0.3) is 0 Å². The van der Waals surface area contributed by atoms with Crippen molar-refractivity contribution in [3.63, 3.8) is 0 Å². The highest BCUT2D eigenvalue weighted by Gasteiger charge is 2.15. The van der Waals surface area contributed by atoms with E-state index in [9.17, 15) is 9.90 Å². The van der Waals surface area contributed by atoms with Gasteiger partial charge in [0.05, 0.1) is 5.69 Å². The number of benzene rings is 1. The number of carbonyl (C=O) groups is 1. The number of aromatic carboxylic acids is 1. The lowest BCUT2D eigenvalue weighted by molar-refractivity contribution is 0.0697. The average Bonchev–Trinajstić information content (AvgIpc) is 2.79. The molecule has 20 heavy (non-hydrogen) atoms. The molecule has 3 aromatic rings. The largest absolute Gasteiger partial charge is 0.478 e. The summed E-state index contributed by atoms with van der Waals surface area (Å²) in [6.45, 7) is 1.75. The van der Waals surface area contributed by atoms with Gasteiger partial charge in [0.2, 0.25) is 0 Å². The van der Waals surface area contributed by atoms with Crippen molar-refractivity contribution in [2.75, 3.05) is 0 Å². The third-order valence-corrected chi connectivity index (χ3v) is 3.30. The highest BCUT2D eigenvalue weighted by Crippen LogP contribution is 2.26. The van der Waals surface area contributed by atoms with E-state index < -0.39 is 5.97 Å². The van der Waals surface area contributed by atoms with Crippen molar-refractivity contribution >= 4 is 16.9 Å². The van der Waals surface area contributed by atoms with Gasteiger partial charge in [-0.15, -0.1) is 0 Å². The molecule has 0 saturated heterocycles. The van der Waals surface area contributed by atoms with Crippen molar-refractivity contribution < 1.29 is 9.90 Å². The Labute approximate surface area is 115 Å². The summed E-state index contributed by atoms with van der Waals surface area (Å²) in [5.74, 6) is -0.466. The van der Waals surface area contributed by atoms with Gasteiger partial charge in [0, 0.05) is 35.9 Å². The van der Waals surface area contributed by atoms with Crippen LogP contribution in [0.3, 0.4) is 0 Å². The molecule has 0 spiro atoms. The van der Waals surface area contributed by atoms with E-state index in [2.05, 4.69) is 9.97 Å². The molecule has 100 valence electrons. The van der Waals surface area contributed by atoms with E-state index in [0.717, 1.165) is 16.5 Å². The third-order valence-electron chi connectivity index (χ3n) is 3.30. The second-order valence-electron chi connectivity index (χ2n) is 4.68. The number of aryl methyl sites for hydroxylation is 2. The molecule has 0 aliphatic heterocycles. The molecule has 1 aromatic carbocycles. The monoisotopic (exact) mass is 267 g/mol. The van der Waals surface area contributed by atoms with Gasteiger partial charge in [-0.05, 0) is 25.1 Å². The molecule has 2 aromatic heterocycles. The van der Waals surface area contributed by atoms with Gasteiger partial charge in [-0.3, -0.25) is 0 Å². The molecule has 0 saturated carbocycles. The molecule has 5 heteroatoms. The third kappa shape index (κ3) is 1.93. The van der Waals surface area contributed by atoms with Crippen LogP contribution in [0, 0.1) is 6.92 Å². The zero-order valence-electron chi connectivity index (χ0n) is 11.2. The highest BCUT2D eigenvalue weighted by atomic mass is 16.4. The van der Waals surface area contributed by atoms with E-state index in [4.69, 9.17) is 0 Å². The van der Waals surface area contributed by atoms with Crippen LogP contribution in [-0.2, 0) is 7.05 Å². The number of fused-ring (bicyclic) bond motifs is 1. The van der Waals surface area contributed by atoms with E-state index >= 15 is 0 Å². The predicted molar refractivity (Wildman–Crippen MR) is 75.6 cm³/mol. The summed E-state index contributed by atoms with van der Waals surface area (Å²) in [4.78, 5) is 19.5. The van der Waals surface area contributed by atoms with Gasteiger partial charge in [-0.25, -0.2) is 14.8 Å². The maximum Gasteiger partial charge on any atom is 0.339 e. The molecule has 0 unspecified atom stereocenters. The molecule has 0 radical (unpaired) electrons. The quantitative estimate of drug-likeness (QED) is 0.775. The molecule has 0 amide bonds. The maximum atomic E-state index is 11.3. The fourth-order valence-corrected chi connectivity index (χ4v) is 2.28. The molecule has 3 rings (SSSR count). The van der Waals surface area contributed by atoms with Crippen LogP contribution in [0.4, 0.5) is 0 Å². The van der Waals surface area contributed by atoms with Gasteiger partial charge in [0.1, 0.15) is 11.4 Å². The summed E-state index contributed by atoms with van der Waals surface area (Å²) in [5.41, 5.74) is 2.45. The van der Waals surface area contributed by atoms with Crippen LogP contribution in [-0.4, -0.2) is 25.6 Å². The molecule has 0 bridgehead atoms. The molecule has 5 nitrogen and oxygen atoms in total. The minimum Gasteiger partial charge on any atom is -0.478 e. The lowest BCUT2D eigenvalue weighted by Crippen LogP contribution is -2.04. The Kier molecular flexibility index (Phi) is 2.75. The first-order valence-corrected chi connectivity index (χ1v) is 6.18. The van der Waals surface area contributed by atoms with Crippen molar-refractivity contribution in [3.8, 4) is 11.3 Å². The van der Waals surface area contributed by atoms with Crippen LogP contribution in [0.15, 0.2) is 36.7 Å². The second kappa shape index (κ2) is 4.45. The molecular weight excluding hydrogens is 254 g/mol. The minimum atomic E-state index is -1.02. The first-order chi connectivity index (χ1) is 9.56. The predicted octanol–water partition coefficient (Wildman–Crippen LogP) is 2.64. The Bertz CT molecular complexity index is 821. The van der Waals surface area contributed by atoms with Gasteiger partial charge < -0.3 is 9.67 Å². The summed E-state index contributed by atoms with van der Waals surface area (Å²) in [6.07, 6.45) is 3.33. The number of hydrogen-bond acceptors (Lipinski definition) is 3. The van der Waals surface area contributed by atoms with E-state index in [-0.39, 0.29) is 5.56 Å². The van der Waals surface area contributed by atoms with Crippen LogP contribution in [0.5, 0.6) is 0 Å². The molecule has 0 aliphatic carbocycles. The van der Waals surface area contributed by atoms with Crippen LogP contribution >= 0.6 is 0 Å². The van der Waals surface area contributed by atoms with Crippen LogP contribution < -0.4 is 0 Å². The topological polar surface area (TPSA) is 68.0 Å². The van der Waals surface area contributed by atoms with E-state index in [1.54, 1.807) is 6.92 Å². The minimum absolute atomic E-state index is 0.117. The summed E-state index contributed by atoms with van der Waals surface area (Å²) in [7, 11) is 1.97. The molecule has 2 heterocycles. The smallest absolute Gasteiger partial charge is 0.339 e. The Balaban J connectivity index is 2.24. The van der Waals surface area contributed by atoms with Crippen molar-refractivity contribution in [2.45, 2.75) is 6.92 Å². The second-order valence-corrected chi connectivity index (χ2v) is 4.68. The fourth-order valence-electron chi connectivity index (χ4n) is 2.28. The van der Waals surface area contributed by atoms with Crippen LogP contribution in [0.2, 0.25) is 0 Å². The molecule has 0 fully saturated rings. The summed E-state index contributed by atoms with van der Waals surface area (Å²) < 4.78 is 2.02. The van der Waals surface area contributed by atoms with Crippen molar-refractivity contribution in [2.24, 2.45) is 7.05 Å². The number of rotatable bonds is 2. The Morgan fingerprint density at radius 2 is 2.10 bits per heavy atom. The molecule has 1 N–H and O–H groups in total. The summed E-state index contributed by atoms with van der Waals surface area (Å²) in [6, 6.07) is 7.79. The first-order valence-electron chi connectivity index (χ1n) is 6.18. The number of hydrogen-bond donors (Lipinski definition) is 1. The van der Waals surface area contributed by atoms with Crippen LogP contribution in [0.1, 0.15) is 16.2 Å². The Morgan fingerprint density at radius 3 is 2.85 bits per heavy atom. The van der Waals surface area contributed by atoms with Gasteiger partial charge in [-0.1, -0.05) is 6.07 Å². The SMILES string of the molecule is Cc1ncc(C(=O)O)c(-c2ccc3c(ccn3C)c2)n1. The van der Waals surface area contributed by atoms with E-state index in [1.807, 2.05) is 42.1 Å². The Morgan fingerprint density at radius 1 is 1.30 bits per heavy atom. The van der Waals surface area contributed by atoms with E-state index in [0.29, 0.717) is 11.5 Å². The molecule has 0 atom stereocenters. The lowest BCUT2D eigenvalue weighted by Gasteiger charge is -2.06. The van der Waals surface area contributed by atoms with Crippen LogP contribution in [0.25, 0.3) is 22.2 Å². The van der Waals surface area contributed by atoms with Gasteiger partial charge >= 0.3 is 5.97 Å². The van der Waals surface area contributed by atoms with Crippen molar-refractivity contribution in [1.82, 2.24) is 14.5 Å². The summed E-state index contributed by atoms with van der Waals surface area (Å²) in [5, 5.41) is 10.3. The number of aromatic nitrogens is 3. The maximum absolute atomic E-state index is 11.3. The zero-order valence-corrected chi connectivity index (χ0v) is 11.2. The molecule has 0 aliphatic rings. The summed E-state index contributed by atoms with van der Waals surface area (Å²) >= 11 is 0. The lowest BCUT2D eigenvalue weighted by atomic mass is 10.1. The Hall–Kier alpha value is -2.69. The van der Waals surface area contributed by atoms with Crippen molar-refractivity contribution in [1.29, 1.82) is 0 Å². The standard InChI is InChI=1S/C15H13N3O2/c1-9-16-8-12(15(19)20)14(17-9)11-3-4-13-10(7-11)5-6-18(13)2/h3-8H,1-2H3,(H,19,20). The van der Waals surface area contributed by atoms with E-state index in [1.165, 1.54) is 6.20 Å². The zero-order chi connectivity index (χ0) is 14.3. The first kappa shape index (κ1) is 12.3. The normalized spacial score (nSPS) is 10.9. The molecular formula is C15H13N3O2. The van der Waals surface area contributed by atoms with Gasteiger partial charge in [-0.2, -0.15) is 0 Å². The number of carboxylic acid groups (broad SMARTS) is 1. The highest BCUT2D eigenvalue weighted by molar-refractivity contribution is 5.96. The number of nitrogens with zero attached hydrogens (tertiary/aromatic N) is 3.